The van der Waals surface area contributed by atoms with Crippen molar-refractivity contribution in [3.63, 3.8) is 0 Å². The van der Waals surface area contributed by atoms with Crippen molar-refractivity contribution < 1.29 is 8.78 Å². The average Bonchev–Trinajstić information content (AvgIpc) is 2.34. The summed E-state index contributed by atoms with van der Waals surface area (Å²) in [6.07, 6.45) is 0. The van der Waals surface area contributed by atoms with E-state index in [0.29, 0.717) is 10.6 Å². The van der Waals surface area contributed by atoms with E-state index in [1.807, 2.05) is 30.3 Å². The van der Waals surface area contributed by atoms with Crippen molar-refractivity contribution >= 4 is 27.7 Å². The summed E-state index contributed by atoms with van der Waals surface area (Å²) < 4.78 is 26.4. The second-order valence-corrected chi connectivity index (χ2v) is 5.32. The largest absolute Gasteiger partial charge is 0.206 e. The van der Waals surface area contributed by atoms with Crippen molar-refractivity contribution in [2.45, 2.75) is 10.6 Å². The van der Waals surface area contributed by atoms with Gasteiger partial charge in [0, 0.05) is 10.6 Å². The number of rotatable bonds is 3. The number of thioether (sulfide) groups is 1. The van der Waals surface area contributed by atoms with Gasteiger partial charge in [-0.15, -0.1) is 11.8 Å². The molecule has 17 heavy (non-hydrogen) atoms. The van der Waals surface area contributed by atoms with E-state index in [2.05, 4.69) is 15.9 Å². The van der Waals surface area contributed by atoms with Crippen molar-refractivity contribution in [1.82, 2.24) is 0 Å². The molecule has 0 saturated carbocycles. The highest BCUT2D eigenvalue weighted by molar-refractivity contribution is 9.10. The molecule has 0 N–H and O–H groups in total. The SMILES string of the molecule is Fc1cc(SCc2ccccc2)cc(F)c1Br. The van der Waals surface area contributed by atoms with E-state index >= 15 is 0 Å². The monoisotopic (exact) mass is 314 g/mol. The molecule has 4 heteroatoms. The van der Waals surface area contributed by atoms with E-state index in [1.165, 1.54) is 23.9 Å². The van der Waals surface area contributed by atoms with E-state index in [9.17, 15) is 8.78 Å². The minimum Gasteiger partial charge on any atom is -0.206 e. The molecule has 0 aliphatic heterocycles. The molecular formula is C13H9BrF2S. The molecule has 0 aliphatic rings. The van der Waals surface area contributed by atoms with Gasteiger partial charge in [-0.2, -0.15) is 0 Å². The molecule has 0 unspecified atom stereocenters. The fourth-order valence-corrected chi connectivity index (χ4v) is 2.48. The molecule has 0 saturated heterocycles. The minimum atomic E-state index is -0.569. The number of halogens is 3. The van der Waals surface area contributed by atoms with Crippen molar-refractivity contribution in [3.05, 3.63) is 64.1 Å². The van der Waals surface area contributed by atoms with Crippen molar-refractivity contribution in [2.75, 3.05) is 0 Å². The highest BCUT2D eigenvalue weighted by Crippen LogP contribution is 2.28. The number of hydrogen-bond donors (Lipinski definition) is 0. The lowest BCUT2D eigenvalue weighted by Crippen LogP contribution is -1.86. The van der Waals surface area contributed by atoms with Crippen LogP contribution in [-0.2, 0) is 5.75 Å². The first-order valence-corrected chi connectivity index (χ1v) is 6.76. The van der Waals surface area contributed by atoms with Gasteiger partial charge in [0.1, 0.15) is 11.6 Å². The summed E-state index contributed by atoms with van der Waals surface area (Å²) in [6, 6.07) is 12.5. The standard InChI is InChI=1S/C13H9BrF2S/c14-13-11(15)6-10(7-12(13)16)17-8-9-4-2-1-3-5-9/h1-7H,8H2. The Morgan fingerprint density at radius 3 is 2.18 bits per heavy atom. The van der Waals surface area contributed by atoms with Crippen molar-refractivity contribution in [3.8, 4) is 0 Å². The van der Waals surface area contributed by atoms with E-state index < -0.39 is 11.6 Å². The van der Waals surface area contributed by atoms with Crippen LogP contribution in [0.15, 0.2) is 51.8 Å². The molecule has 2 aromatic rings. The van der Waals surface area contributed by atoms with Gasteiger partial charge in [-0.1, -0.05) is 30.3 Å². The third-order valence-electron chi connectivity index (χ3n) is 2.21. The average molecular weight is 315 g/mol. The normalized spacial score (nSPS) is 10.5. The predicted molar refractivity (Wildman–Crippen MR) is 70.1 cm³/mol. The summed E-state index contributed by atoms with van der Waals surface area (Å²) in [5, 5.41) is 0. The zero-order valence-electron chi connectivity index (χ0n) is 8.79. The van der Waals surface area contributed by atoms with Crippen LogP contribution in [-0.4, -0.2) is 0 Å². The van der Waals surface area contributed by atoms with Crippen LogP contribution in [0.5, 0.6) is 0 Å². The molecule has 0 heterocycles. The van der Waals surface area contributed by atoms with E-state index in [0.717, 1.165) is 5.56 Å². The van der Waals surface area contributed by atoms with E-state index in [4.69, 9.17) is 0 Å². The molecule has 0 radical (unpaired) electrons. The summed E-state index contributed by atoms with van der Waals surface area (Å²) in [5.74, 6) is -0.442. The van der Waals surface area contributed by atoms with Gasteiger partial charge in [0.25, 0.3) is 0 Å². The van der Waals surface area contributed by atoms with Crippen LogP contribution in [0.1, 0.15) is 5.56 Å². The maximum absolute atomic E-state index is 13.3. The maximum atomic E-state index is 13.3. The van der Waals surface area contributed by atoms with E-state index in [1.54, 1.807) is 0 Å². The number of hydrogen-bond acceptors (Lipinski definition) is 1. The Balaban J connectivity index is 2.10. The third-order valence-corrected chi connectivity index (χ3v) is 4.01. The molecule has 2 rings (SSSR count). The maximum Gasteiger partial charge on any atom is 0.141 e. The van der Waals surface area contributed by atoms with Crippen LogP contribution in [0.3, 0.4) is 0 Å². The van der Waals surface area contributed by atoms with Gasteiger partial charge in [-0.05, 0) is 33.6 Å². The predicted octanol–water partition coefficient (Wildman–Crippen LogP) is 5.02. The molecule has 0 nitrogen and oxygen atoms in total. The molecule has 0 atom stereocenters. The third kappa shape index (κ3) is 3.30. The lowest BCUT2D eigenvalue weighted by Gasteiger charge is -2.04. The molecule has 0 fully saturated rings. The van der Waals surface area contributed by atoms with Crippen LogP contribution < -0.4 is 0 Å². The summed E-state index contributed by atoms with van der Waals surface area (Å²) >= 11 is 4.26. The van der Waals surface area contributed by atoms with Crippen LogP contribution in [0.25, 0.3) is 0 Å². The van der Waals surface area contributed by atoms with Crippen molar-refractivity contribution in [1.29, 1.82) is 0 Å². The first kappa shape index (κ1) is 12.6. The smallest absolute Gasteiger partial charge is 0.141 e. The zero-order chi connectivity index (χ0) is 12.3. The molecule has 88 valence electrons. The summed E-state index contributed by atoms with van der Waals surface area (Å²) in [5.41, 5.74) is 1.13. The summed E-state index contributed by atoms with van der Waals surface area (Å²) in [6.45, 7) is 0. The van der Waals surface area contributed by atoms with Gasteiger partial charge in [0.15, 0.2) is 0 Å². The second-order valence-electron chi connectivity index (χ2n) is 3.48. The Hall–Kier alpha value is -0.870. The Kier molecular flexibility index (Phi) is 4.18. The zero-order valence-corrected chi connectivity index (χ0v) is 11.2. The van der Waals surface area contributed by atoms with E-state index in [-0.39, 0.29) is 4.47 Å². The topological polar surface area (TPSA) is 0 Å². The fourth-order valence-electron chi connectivity index (χ4n) is 1.36. The van der Waals surface area contributed by atoms with Crippen LogP contribution in [0.4, 0.5) is 8.78 Å². The van der Waals surface area contributed by atoms with Crippen molar-refractivity contribution in [2.24, 2.45) is 0 Å². The van der Waals surface area contributed by atoms with Gasteiger partial charge in [-0.3, -0.25) is 0 Å². The van der Waals surface area contributed by atoms with Crippen LogP contribution >= 0.6 is 27.7 Å². The molecule has 0 aromatic heterocycles. The first-order valence-electron chi connectivity index (χ1n) is 4.98. The summed E-state index contributed by atoms with van der Waals surface area (Å²) in [7, 11) is 0. The van der Waals surface area contributed by atoms with Gasteiger partial charge in [0.05, 0.1) is 4.47 Å². The molecule has 0 aliphatic carbocycles. The highest BCUT2D eigenvalue weighted by Gasteiger charge is 2.08. The lowest BCUT2D eigenvalue weighted by atomic mass is 10.2. The molecule has 0 bridgehead atoms. The Morgan fingerprint density at radius 1 is 1.00 bits per heavy atom. The Morgan fingerprint density at radius 2 is 1.59 bits per heavy atom. The quantitative estimate of drug-likeness (QED) is 0.566. The minimum absolute atomic E-state index is 0.110. The summed E-state index contributed by atoms with van der Waals surface area (Å²) in [4.78, 5) is 0.590. The van der Waals surface area contributed by atoms with Gasteiger partial charge >= 0.3 is 0 Å². The Bertz CT molecular complexity index is 491. The first-order chi connectivity index (χ1) is 8.16. The lowest BCUT2D eigenvalue weighted by molar-refractivity contribution is 0.566. The Labute approximate surface area is 111 Å². The number of benzene rings is 2. The van der Waals surface area contributed by atoms with Gasteiger partial charge in [-0.25, -0.2) is 8.78 Å². The second kappa shape index (κ2) is 5.65. The van der Waals surface area contributed by atoms with Gasteiger partial charge < -0.3 is 0 Å². The molecule has 2 aromatic carbocycles. The van der Waals surface area contributed by atoms with Gasteiger partial charge in [0.2, 0.25) is 0 Å². The van der Waals surface area contributed by atoms with Crippen LogP contribution in [0, 0.1) is 11.6 Å². The molecule has 0 spiro atoms. The highest BCUT2D eigenvalue weighted by atomic mass is 79.9. The molecular weight excluding hydrogens is 306 g/mol. The molecule has 0 amide bonds. The fraction of sp³-hybridized carbons (Fsp3) is 0.0769. The van der Waals surface area contributed by atoms with Crippen LogP contribution in [0.2, 0.25) is 0 Å².